The lowest BCUT2D eigenvalue weighted by molar-refractivity contribution is -0.120. The summed E-state index contributed by atoms with van der Waals surface area (Å²) in [5.74, 6) is 5.13. The summed E-state index contributed by atoms with van der Waals surface area (Å²) in [6.07, 6.45) is 1.04. The Bertz CT molecular complexity index is 608. The summed E-state index contributed by atoms with van der Waals surface area (Å²) in [6, 6.07) is 1.85. The third-order valence-corrected chi connectivity index (χ3v) is 4.87. The minimum atomic E-state index is -3.36. The van der Waals surface area contributed by atoms with Gasteiger partial charge in [0.15, 0.2) is 9.84 Å². The topological polar surface area (TPSA) is 89.3 Å². The monoisotopic (exact) mass is 300 g/mol. The van der Waals surface area contributed by atoms with E-state index in [1.807, 2.05) is 11.4 Å². The van der Waals surface area contributed by atoms with Gasteiger partial charge in [-0.3, -0.25) is 4.79 Å². The second-order valence-corrected chi connectivity index (χ2v) is 7.36. The quantitative estimate of drug-likeness (QED) is 0.772. The van der Waals surface area contributed by atoms with Crippen LogP contribution in [0.1, 0.15) is 17.4 Å². The van der Waals surface area contributed by atoms with Crippen molar-refractivity contribution in [1.82, 2.24) is 5.32 Å². The average molecular weight is 300 g/mol. The molecule has 5 nitrogen and oxygen atoms in total. The SMILES string of the molecule is CC(C(=O)NCc1cc(C#CCN)cs1)S(C)(=O)=O. The molecule has 0 saturated heterocycles. The van der Waals surface area contributed by atoms with E-state index in [0.717, 1.165) is 16.7 Å². The van der Waals surface area contributed by atoms with Crippen LogP contribution in [0.15, 0.2) is 11.4 Å². The maximum absolute atomic E-state index is 11.6. The number of thiophene rings is 1. The van der Waals surface area contributed by atoms with Crippen molar-refractivity contribution in [2.24, 2.45) is 5.73 Å². The molecule has 1 aromatic rings. The molecule has 0 fully saturated rings. The van der Waals surface area contributed by atoms with Gasteiger partial charge in [0.1, 0.15) is 5.25 Å². The van der Waals surface area contributed by atoms with Crippen LogP contribution < -0.4 is 11.1 Å². The lowest BCUT2D eigenvalue weighted by atomic mass is 10.3. The van der Waals surface area contributed by atoms with Crippen LogP contribution in [0.4, 0.5) is 0 Å². The molecule has 0 spiro atoms. The number of nitrogens with two attached hydrogens (primary N) is 1. The standard InChI is InChI=1S/C12H16N2O3S2/c1-9(19(2,16)17)12(15)14-7-11-6-10(8-18-11)4-3-5-13/h6,8-9H,5,7,13H2,1-2H3,(H,14,15). The predicted molar refractivity (Wildman–Crippen MR) is 76.4 cm³/mol. The lowest BCUT2D eigenvalue weighted by Gasteiger charge is -2.09. The number of amides is 1. The lowest BCUT2D eigenvalue weighted by Crippen LogP contribution is -2.36. The van der Waals surface area contributed by atoms with Gasteiger partial charge in [-0.05, 0) is 13.0 Å². The zero-order chi connectivity index (χ0) is 14.5. The van der Waals surface area contributed by atoms with Crippen LogP contribution in [0, 0.1) is 11.8 Å². The first-order valence-corrected chi connectivity index (χ1v) is 8.41. The number of carbonyl (C=O) groups excluding carboxylic acids is 1. The van der Waals surface area contributed by atoms with Gasteiger partial charge in [-0.25, -0.2) is 8.42 Å². The van der Waals surface area contributed by atoms with Crippen LogP contribution in [0.25, 0.3) is 0 Å². The van der Waals surface area contributed by atoms with Crippen LogP contribution in [-0.4, -0.2) is 32.4 Å². The molecule has 0 radical (unpaired) electrons. The molecule has 0 aliphatic rings. The van der Waals surface area contributed by atoms with Crippen molar-refractivity contribution in [3.8, 4) is 11.8 Å². The van der Waals surface area contributed by atoms with Crippen molar-refractivity contribution in [3.05, 3.63) is 21.9 Å². The zero-order valence-corrected chi connectivity index (χ0v) is 12.4. The Hall–Kier alpha value is -1.36. The van der Waals surface area contributed by atoms with Crippen molar-refractivity contribution in [3.63, 3.8) is 0 Å². The maximum atomic E-state index is 11.6. The summed E-state index contributed by atoms with van der Waals surface area (Å²) >= 11 is 1.45. The molecule has 19 heavy (non-hydrogen) atoms. The maximum Gasteiger partial charge on any atom is 0.238 e. The Morgan fingerprint density at radius 1 is 1.58 bits per heavy atom. The van der Waals surface area contributed by atoms with Gasteiger partial charge in [0.25, 0.3) is 0 Å². The highest BCUT2D eigenvalue weighted by molar-refractivity contribution is 7.92. The van der Waals surface area contributed by atoms with Crippen LogP contribution in [0.5, 0.6) is 0 Å². The smallest absolute Gasteiger partial charge is 0.238 e. The summed E-state index contributed by atoms with van der Waals surface area (Å²) in [7, 11) is -3.36. The number of hydrogen-bond acceptors (Lipinski definition) is 5. The third kappa shape index (κ3) is 5.03. The second kappa shape index (κ2) is 6.70. The molecule has 1 unspecified atom stereocenters. The van der Waals surface area contributed by atoms with Gasteiger partial charge < -0.3 is 11.1 Å². The molecule has 0 aromatic carbocycles. The predicted octanol–water partition coefficient (Wildman–Crippen LogP) is 0.108. The van der Waals surface area contributed by atoms with Crippen molar-refractivity contribution >= 4 is 27.1 Å². The van der Waals surface area contributed by atoms with Crippen LogP contribution >= 0.6 is 11.3 Å². The van der Waals surface area contributed by atoms with Gasteiger partial charge in [0, 0.05) is 22.1 Å². The van der Waals surface area contributed by atoms with E-state index in [1.54, 1.807) is 0 Å². The minimum Gasteiger partial charge on any atom is -0.350 e. The fourth-order valence-corrected chi connectivity index (χ4v) is 2.43. The van der Waals surface area contributed by atoms with Crippen LogP contribution in [0.3, 0.4) is 0 Å². The van der Waals surface area contributed by atoms with E-state index in [0.29, 0.717) is 13.1 Å². The molecular weight excluding hydrogens is 284 g/mol. The molecule has 104 valence electrons. The highest BCUT2D eigenvalue weighted by Gasteiger charge is 2.23. The van der Waals surface area contributed by atoms with E-state index >= 15 is 0 Å². The Morgan fingerprint density at radius 2 is 2.26 bits per heavy atom. The molecule has 3 N–H and O–H groups in total. The first-order valence-electron chi connectivity index (χ1n) is 5.57. The number of rotatable bonds is 4. The number of sulfone groups is 1. The fourth-order valence-electron chi connectivity index (χ4n) is 1.20. The molecule has 1 rings (SSSR count). The van der Waals surface area contributed by atoms with Gasteiger partial charge >= 0.3 is 0 Å². The summed E-state index contributed by atoms with van der Waals surface area (Å²) < 4.78 is 22.4. The molecule has 0 bridgehead atoms. The molecule has 0 aliphatic heterocycles. The fraction of sp³-hybridized carbons (Fsp3) is 0.417. The molecule has 7 heteroatoms. The van der Waals surface area contributed by atoms with Crippen molar-refractivity contribution in [1.29, 1.82) is 0 Å². The summed E-state index contributed by atoms with van der Waals surface area (Å²) in [4.78, 5) is 12.5. The number of nitrogens with one attached hydrogen (secondary N) is 1. The second-order valence-electron chi connectivity index (χ2n) is 4.00. The van der Waals surface area contributed by atoms with Crippen molar-refractivity contribution < 1.29 is 13.2 Å². The Labute approximate surface area is 117 Å². The van der Waals surface area contributed by atoms with E-state index in [2.05, 4.69) is 17.2 Å². The van der Waals surface area contributed by atoms with E-state index < -0.39 is 21.0 Å². The van der Waals surface area contributed by atoms with Crippen molar-refractivity contribution in [2.45, 2.75) is 18.7 Å². The molecule has 0 aliphatic carbocycles. The summed E-state index contributed by atoms with van der Waals surface area (Å²) in [6.45, 7) is 1.97. The van der Waals surface area contributed by atoms with Gasteiger partial charge in [0.05, 0.1) is 13.1 Å². The molecule has 1 amide bonds. The molecule has 1 heterocycles. The average Bonchev–Trinajstić information content (AvgIpc) is 2.79. The molecular formula is C12H16N2O3S2. The summed E-state index contributed by atoms with van der Waals surface area (Å²) in [5, 5.41) is 3.42. The van der Waals surface area contributed by atoms with Gasteiger partial charge in [-0.15, -0.1) is 11.3 Å². The first-order chi connectivity index (χ1) is 8.84. The van der Waals surface area contributed by atoms with Gasteiger partial charge in [0.2, 0.25) is 5.91 Å². The van der Waals surface area contributed by atoms with Crippen LogP contribution in [0.2, 0.25) is 0 Å². The molecule has 1 atom stereocenters. The summed E-state index contributed by atoms with van der Waals surface area (Å²) in [5.41, 5.74) is 6.11. The number of carbonyl (C=O) groups is 1. The first kappa shape index (κ1) is 15.7. The highest BCUT2D eigenvalue weighted by Crippen LogP contribution is 2.13. The highest BCUT2D eigenvalue weighted by atomic mass is 32.2. The molecule has 1 aromatic heterocycles. The largest absolute Gasteiger partial charge is 0.350 e. The zero-order valence-electron chi connectivity index (χ0n) is 10.8. The Kier molecular flexibility index (Phi) is 5.54. The van der Waals surface area contributed by atoms with E-state index in [-0.39, 0.29) is 0 Å². The van der Waals surface area contributed by atoms with Gasteiger partial charge in [-0.2, -0.15) is 0 Å². The number of hydrogen-bond donors (Lipinski definition) is 2. The Balaban J connectivity index is 2.58. The van der Waals surface area contributed by atoms with E-state index in [4.69, 9.17) is 5.73 Å². The third-order valence-electron chi connectivity index (χ3n) is 2.44. The van der Waals surface area contributed by atoms with Gasteiger partial charge in [-0.1, -0.05) is 11.8 Å². The van der Waals surface area contributed by atoms with Crippen LogP contribution in [-0.2, 0) is 21.2 Å². The normalized spacial score (nSPS) is 12.4. The van der Waals surface area contributed by atoms with E-state index in [1.165, 1.54) is 18.3 Å². The van der Waals surface area contributed by atoms with Crippen molar-refractivity contribution in [2.75, 3.05) is 12.8 Å². The minimum absolute atomic E-state index is 0.299. The Morgan fingerprint density at radius 3 is 2.84 bits per heavy atom. The molecule has 0 saturated carbocycles. The van der Waals surface area contributed by atoms with E-state index in [9.17, 15) is 13.2 Å².